The van der Waals surface area contributed by atoms with Crippen LogP contribution >= 0.6 is 0 Å². The van der Waals surface area contributed by atoms with E-state index in [2.05, 4.69) is 10.3 Å². The van der Waals surface area contributed by atoms with Gasteiger partial charge in [-0.2, -0.15) is 0 Å². The van der Waals surface area contributed by atoms with Crippen LogP contribution in [0, 0.1) is 0 Å². The number of carbonyl (C=O) groups excluding carboxylic acids is 2. The molecule has 1 aromatic heterocycles. The van der Waals surface area contributed by atoms with Crippen LogP contribution in [0.15, 0.2) is 30.5 Å². The summed E-state index contributed by atoms with van der Waals surface area (Å²) in [6.07, 6.45) is 4.90. The highest BCUT2D eigenvalue weighted by molar-refractivity contribution is 5.89. The van der Waals surface area contributed by atoms with Crippen molar-refractivity contribution in [1.29, 1.82) is 0 Å². The Morgan fingerprint density at radius 1 is 1.32 bits per heavy atom. The van der Waals surface area contributed by atoms with Crippen LogP contribution in [-0.2, 0) is 16.0 Å². The number of nitrogens with zero attached hydrogens (tertiary/aromatic N) is 1. The lowest BCUT2D eigenvalue weighted by atomic mass is 10.1. The molecular weight excluding hydrogens is 278 g/mol. The van der Waals surface area contributed by atoms with Crippen LogP contribution in [0.5, 0.6) is 0 Å². The molecule has 4 rings (SSSR count). The summed E-state index contributed by atoms with van der Waals surface area (Å²) in [5.74, 6) is 0.167. The van der Waals surface area contributed by atoms with Crippen LogP contribution < -0.4 is 5.32 Å². The van der Waals surface area contributed by atoms with Gasteiger partial charge in [0.2, 0.25) is 11.8 Å². The van der Waals surface area contributed by atoms with Gasteiger partial charge in [-0.3, -0.25) is 9.59 Å². The molecule has 5 heteroatoms. The van der Waals surface area contributed by atoms with Gasteiger partial charge < -0.3 is 15.2 Å². The van der Waals surface area contributed by atoms with E-state index in [1.54, 1.807) is 0 Å². The van der Waals surface area contributed by atoms with E-state index < -0.39 is 0 Å². The minimum atomic E-state index is -0.0363. The summed E-state index contributed by atoms with van der Waals surface area (Å²) >= 11 is 0. The van der Waals surface area contributed by atoms with Crippen molar-refractivity contribution < 1.29 is 9.59 Å². The van der Waals surface area contributed by atoms with E-state index in [0.717, 1.165) is 29.3 Å². The Kier molecular flexibility index (Phi) is 3.13. The summed E-state index contributed by atoms with van der Waals surface area (Å²) < 4.78 is 0. The molecular formula is C17H19N3O2. The first kappa shape index (κ1) is 13.4. The lowest BCUT2D eigenvalue weighted by molar-refractivity contribution is -0.128. The minimum absolute atomic E-state index is 0.0137. The molecule has 2 aliphatic rings. The highest BCUT2D eigenvalue weighted by Crippen LogP contribution is 2.30. The van der Waals surface area contributed by atoms with E-state index in [-0.39, 0.29) is 17.9 Å². The Morgan fingerprint density at radius 3 is 2.95 bits per heavy atom. The van der Waals surface area contributed by atoms with Gasteiger partial charge in [0.1, 0.15) is 0 Å². The van der Waals surface area contributed by atoms with Crippen LogP contribution in [0.4, 0.5) is 0 Å². The van der Waals surface area contributed by atoms with Crippen LogP contribution in [0.1, 0.15) is 24.8 Å². The number of H-pyrrole nitrogens is 1. The molecule has 0 unspecified atom stereocenters. The van der Waals surface area contributed by atoms with Crippen molar-refractivity contribution in [2.45, 2.75) is 37.8 Å². The van der Waals surface area contributed by atoms with Gasteiger partial charge in [0.25, 0.3) is 0 Å². The maximum atomic E-state index is 12.3. The fourth-order valence-corrected chi connectivity index (χ4v) is 3.30. The number of aromatic amines is 1. The second-order valence-electron chi connectivity index (χ2n) is 6.28. The molecule has 2 fully saturated rings. The Labute approximate surface area is 128 Å². The molecule has 1 saturated carbocycles. The van der Waals surface area contributed by atoms with E-state index in [1.165, 1.54) is 0 Å². The predicted octanol–water partition coefficient (Wildman–Crippen LogP) is 1.59. The van der Waals surface area contributed by atoms with Crippen LogP contribution in [-0.4, -0.2) is 40.3 Å². The number of likely N-dealkylation sites (tertiary alicyclic amines) is 1. The Bertz CT molecular complexity index is 732. The highest BCUT2D eigenvalue weighted by atomic mass is 16.2. The molecule has 114 valence electrons. The zero-order chi connectivity index (χ0) is 15.1. The van der Waals surface area contributed by atoms with Gasteiger partial charge >= 0.3 is 0 Å². The predicted molar refractivity (Wildman–Crippen MR) is 83.3 cm³/mol. The van der Waals surface area contributed by atoms with E-state index >= 15 is 0 Å². The fraction of sp³-hybridized carbons (Fsp3) is 0.412. The average molecular weight is 297 g/mol. The number of benzene rings is 1. The first-order valence-electron chi connectivity index (χ1n) is 7.84. The molecule has 0 bridgehead atoms. The van der Waals surface area contributed by atoms with Crippen LogP contribution in [0.25, 0.3) is 10.9 Å². The zero-order valence-electron chi connectivity index (χ0n) is 12.3. The number of rotatable bonds is 4. The second-order valence-corrected chi connectivity index (χ2v) is 6.28. The summed E-state index contributed by atoms with van der Waals surface area (Å²) in [6.45, 7) is 0.670. The largest absolute Gasteiger partial charge is 0.361 e. The topological polar surface area (TPSA) is 65.2 Å². The first-order valence-corrected chi connectivity index (χ1v) is 7.84. The van der Waals surface area contributed by atoms with Gasteiger partial charge in [0.15, 0.2) is 0 Å². The van der Waals surface area contributed by atoms with E-state index in [4.69, 9.17) is 0 Å². The third kappa shape index (κ3) is 2.47. The first-order chi connectivity index (χ1) is 10.7. The fourth-order valence-electron chi connectivity index (χ4n) is 3.30. The molecule has 0 radical (unpaired) electrons. The van der Waals surface area contributed by atoms with Crippen molar-refractivity contribution in [1.82, 2.24) is 15.2 Å². The van der Waals surface area contributed by atoms with Crippen molar-refractivity contribution in [3.63, 3.8) is 0 Å². The maximum Gasteiger partial charge on any atom is 0.225 e. The molecule has 2 N–H and O–H groups in total. The van der Waals surface area contributed by atoms with Crippen molar-refractivity contribution in [3.05, 3.63) is 36.0 Å². The SMILES string of the molecule is O=C(Cc1c[nH]c2ccccc12)N[C@@H]1CC(=O)N(C2CC2)C1. The molecule has 1 aliphatic heterocycles. The lowest BCUT2D eigenvalue weighted by Gasteiger charge is -2.16. The number of aromatic nitrogens is 1. The van der Waals surface area contributed by atoms with Gasteiger partial charge in [-0.05, 0) is 24.5 Å². The summed E-state index contributed by atoms with van der Waals surface area (Å²) in [4.78, 5) is 29.3. The molecule has 1 aromatic carbocycles. The van der Waals surface area contributed by atoms with E-state index in [9.17, 15) is 9.59 Å². The maximum absolute atomic E-state index is 12.3. The van der Waals surface area contributed by atoms with Gasteiger partial charge in [-0.1, -0.05) is 18.2 Å². The molecule has 1 aliphatic carbocycles. The van der Waals surface area contributed by atoms with Crippen LogP contribution in [0.3, 0.4) is 0 Å². The zero-order valence-corrected chi connectivity index (χ0v) is 12.3. The van der Waals surface area contributed by atoms with Crippen molar-refractivity contribution in [2.75, 3.05) is 6.54 Å². The van der Waals surface area contributed by atoms with E-state index in [1.807, 2.05) is 35.4 Å². The number of amides is 2. The third-order valence-corrected chi connectivity index (χ3v) is 4.54. The smallest absolute Gasteiger partial charge is 0.225 e. The van der Waals surface area contributed by atoms with Crippen molar-refractivity contribution >= 4 is 22.7 Å². The summed E-state index contributed by atoms with van der Waals surface area (Å²) in [5.41, 5.74) is 2.04. The molecule has 1 saturated heterocycles. The summed E-state index contributed by atoms with van der Waals surface area (Å²) in [5, 5.41) is 4.09. The number of nitrogens with one attached hydrogen (secondary N) is 2. The van der Waals surface area contributed by atoms with E-state index in [0.29, 0.717) is 25.4 Å². The number of fused-ring (bicyclic) bond motifs is 1. The molecule has 2 heterocycles. The standard InChI is InChI=1S/C17H19N3O2/c21-16(7-11-9-18-15-4-2-1-3-14(11)15)19-12-8-17(22)20(10-12)13-5-6-13/h1-4,9,12-13,18H,5-8,10H2,(H,19,21)/t12-/m1/s1. The Morgan fingerprint density at radius 2 is 2.14 bits per heavy atom. The van der Waals surface area contributed by atoms with Crippen molar-refractivity contribution in [3.8, 4) is 0 Å². The summed E-state index contributed by atoms with van der Waals surface area (Å²) in [7, 11) is 0. The number of hydrogen-bond donors (Lipinski definition) is 2. The normalized spacial score (nSPS) is 21.5. The number of carbonyl (C=O) groups is 2. The second kappa shape index (κ2) is 5.16. The Hall–Kier alpha value is -2.30. The Balaban J connectivity index is 1.39. The minimum Gasteiger partial charge on any atom is -0.361 e. The van der Waals surface area contributed by atoms with Gasteiger partial charge in [0, 0.05) is 36.1 Å². The average Bonchev–Trinajstić information content (AvgIpc) is 3.18. The molecule has 0 spiro atoms. The molecule has 2 amide bonds. The summed E-state index contributed by atoms with van der Waals surface area (Å²) in [6, 6.07) is 8.36. The monoisotopic (exact) mass is 297 g/mol. The third-order valence-electron chi connectivity index (χ3n) is 4.54. The number of hydrogen-bond acceptors (Lipinski definition) is 2. The molecule has 1 atom stereocenters. The lowest BCUT2D eigenvalue weighted by Crippen LogP contribution is -2.38. The number of para-hydroxylation sites is 1. The van der Waals surface area contributed by atoms with Crippen LogP contribution in [0.2, 0.25) is 0 Å². The van der Waals surface area contributed by atoms with Gasteiger partial charge in [-0.25, -0.2) is 0 Å². The van der Waals surface area contributed by atoms with Gasteiger partial charge in [0.05, 0.1) is 12.5 Å². The van der Waals surface area contributed by atoms with Crippen molar-refractivity contribution in [2.24, 2.45) is 0 Å². The highest BCUT2D eigenvalue weighted by Gasteiger charge is 2.39. The molecule has 2 aromatic rings. The quantitative estimate of drug-likeness (QED) is 0.900. The molecule has 5 nitrogen and oxygen atoms in total. The van der Waals surface area contributed by atoms with Gasteiger partial charge in [-0.15, -0.1) is 0 Å². The molecule has 22 heavy (non-hydrogen) atoms.